The maximum atomic E-state index is 13.5. The first-order chi connectivity index (χ1) is 14.0. The van der Waals surface area contributed by atoms with E-state index >= 15 is 0 Å². The Morgan fingerprint density at radius 2 is 1.97 bits per heavy atom. The predicted octanol–water partition coefficient (Wildman–Crippen LogP) is 0.364. The zero-order valence-electron chi connectivity index (χ0n) is 15.9. The fourth-order valence-corrected chi connectivity index (χ4v) is 3.61. The van der Waals surface area contributed by atoms with Gasteiger partial charge in [-0.05, 0) is 18.2 Å². The Morgan fingerprint density at radius 3 is 2.57 bits per heavy atom. The normalized spacial score (nSPS) is 25.9. The van der Waals surface area contributed by atoms with Crippen LogP contribution in [0.1, 0.15) is 18.4 Å². The number of hydrogen-bond donors (Lipinski definition) is 2. The van der Waals surface area contributed by atoms with Crippen molar-refractivity contribution in [2.24, 2.45) is 5.16 Å². The van der Waals surface area contributed by atoms with Crippen LogP contribution >= 0.6 is 0 Å². The molecule has 0 saturated carbocycles. The highest BCUT2D eigenvalue weighted by molar-refractivity contribution is 7.89. The van der Waals surface area contributed by atoms with Crippen molar-refractivity contribution in [3.8, 4) is 0 Å². The molecule has 2 heterocycles. The van der Waals surface area contributed by atoms with Gasteiger partial charge in [0.15, 0.2) is 0 Å². The van der Waals surface area contributed by atoms with E-state index in [-0.39, 0.29) is 30.7 Å². The van der Waals surface area contributed by atoms with E-state index in [4.69, 9.17) is 9.57 Å². The molecule has 0 aliphatic carbocycles. The SMILES string of the molecule is C=C[C@]1(C(=O)N[C@@H]2CO[C@H](C(=O)NS(C)(=O)=O)C2)CC(c2cc(F)cc(F)c2)=NO1. The lowest BCUT2D eigenvalue weighted by atomic mass is 9.92. The van der Waals surface area contributed by atoms with E-state index in [1.54, 1.807) is 0 Å². The fourth-order valence-electron chi connectivity index (χ4n) is 3.12. The highest BCUT2D eigenvalue weighted by Gasteiger charge is 2.46. The quantitative estimate of drug-likeness (QED) is 0.612. The van der Waals surface area contributed by atoms with E-state index in [0.29, 0.717) is 6.07 Å². The maximum absolute atomic E-state index is 13.5. The second-order valence-corrected chi connectivity index (χ2v) is 8.77. The minimum atomic E-state index is -3.74. The lowest BCUT2D eigenvalue weighted by molar-refractivity contribution is -0.139. The van der Waals surface area contributed by atoms with E-state index in [1.165, 1.54) is 6.08 Å². The number of ether oxygens (including phenoxy) is 1. The minimum absolute atomic E-state index is 0.0242. The van der Waals surface area contributed by atoms with Gasteiger partial charge in [-0.15, -0.1) is 0 Å². The second kappa shape index (κ2) is 8.11. The van der Waals surface area contributed by atoms with E-state index in [1.807, 2.05) is 4.72 Å². The molecule has 2 aliphatic rings. The second-order valence-electron chi connectivity index (χ2n) is 7.02. The zero-order chi connectivity index (χ0) is 22.1. The molecule has 2 amide bonds. The van der Waals surface area contributed by atoms with Crippen molar-refractivity contribution >= 4 is 27.5 Å². The van der Waals surface area contributed by atoms with Gasteiger partial charge in [-0.25, -0.2) is 17.2 Å². The number of sulfonamides is 1. The number of amides is 2. The predicted molar refractivity (Wildman–Crippen MR) is 101 cm³/mol. The molecule has 1 saturated heterocycles. The first-order valence-corrected chi connectivity index (χ1v) is 10.7. The van der Waals surface area contributed by atoms with Crippen LogP contribution in [0, 0.1) is 11.6 Å². The van der Waals surface area contributed by atoms with E-state index in [0.717, 1.165) is 18.4 Å². The average Bonchev–Trinajstić information content (AvgIpc) is 3.27. The number of nitrogens with zero attached hydrogens (tertiary/aromatic N) is 1. The van der Waals surface area contributed by atoms with Crippen molar-refractivity contribution in [2.75, 3.05) is 12.9 Å². The molecule has 2 N–H and O–H groups in total. The number of hydrogen-bond acceptors (Lipinski definition) is 7. The van der Waals surface area contributed by atoms with Crippen LogP contribution in [0.25, 0.3) is 0 Å². The molecule has 0 radical (unpaired) electrons. The number of benzene rings is 1. The molecule has 12 heteroatoms. The molecule has 162 valence electrons. The van der Waals surface area contributed by atoms with Crippen LogP contribution in [0.15, 0.2) is 36.0 Å². The molecule has 0 aromatic heterocycles. The Hall–Kier alpha value is -2.86. The molecule has 3 atom stereocenters. The van der Waals surface area contributed by atoms with Gasteiger partial charge < -0.3 is 14.9 Å². The summed E-state index contributed by atoms with van der Waals surface area (Å²) in [6.45, 7) is 3.56. The molecule has 0 bridgehead atoms. The van der Waals surface area contributed by atoms with Gasteiger partial charge in [0.05, 0.1) is 24.6 Å². The summed E-state index contributed by atoms with van der Waals surface area (Å²) in [5.74, 6) is -3.06. The Balaban J connectivity index is 1.64. The highest BCUT2D eigenvalue weighted by atomic mass is 32.2. The first kappa shape index (κ1) is 21.8. The summed E-state index contributed by atoms with van der Waals surface area (Å²) in [6, 6.07) is 2.25. The summed E-state index contributed by atoms with van der Waals surface area (Å²) in [7, 11) is -3.74. The minimum Gasteiger partial charge on any atom is -0.374 e. The number of rotatable bonds is 6. The van der Waals surface area contributed by atoms with Crippen LogP contribution in [0.5, 0.6) is 0 Å². The van der Waals surface area contributed by atoms with Crippen molar-refractivity contribution in [1.82, 2.24) is 10.0 Å². The molecule has 1 aromatic carbocycles. The number of carbonyl (C=O) groups excluding carboxylic acids is 2. The number of oxime groups is 1. The lowest BCUT2D eigenvalue weighted by Gasteiger charge is -2.23. The molecule has 2 aliphatic heterocycles. The summed E-state index contributed by atoms with van der Waals surface area (Å²) < 4.78 is 56.3. The van der Waals surface area contributed by atoms with E-state index < -0.39 is 51.2 Å². The molecule has 0 spiro atoms. The van der Waals surface area contributed by atoms with Crippen molar-refractivity contribution in [1.29, 1.82) is 0 Å². The molecule has 1 fully saturated rings. The molecule has 3 rings (SSSR count). The molecule has 0 unspecified atom stereocenters. The monoisotopic (exact) mass is 443 g/mol. The van der Waals surface area contributed by atoms with Crippen molar-refractivity contribution < 1.29 is 36.4 Å². The van der Waals surface area contributed by atoms with Crippen LogP contribution < -0.4 is 10.0 Å². The van der Waals surface area contributed by atoms with Crippen molar-refractivity contribution in [3.05, 3.63) is 48.1 Å². The van der Waals surface area contributed by atoms with Gasteiger partial charge in [-0.2, -0.15) is 0 Å². The summed E-state index contributed by atoms with van der Waals surface area (Å²) in [6.07, 6.45) is 0.945. The van der Waals surface area contributed by atoms with E-state index in [2.05, 4.69) is 17.1 Å². The van der Waals surface area contributed by atoms with E-state index in [9.17, 15) is 26.8 Å². The largest absolute Gasteiger partial charge is 0.374 e. The third kappa shape index (κ3) is 4.82. The molecule has 1 aromatic rings. The molecule has 9 nitrogen and oxygen atoms in total. The average molecular weight is 443 g/mol. The summed E-state index contributed by atoms with van der Waals surface area (Å²) in [4.78, 5) is 29.9. The summed E-state index contributed by atoms with van der Waals surface area (Å²) >= 11 is 0. The van der Waals surface area contributed by atoms with Crippen LogP contribution in [0.3, 0.4) is 0 Å². The topological polar surface area (TPSA) is 123 Å². The van der Waals surface area contributed by atoms with Gasteiger partial charge in [0.25, 0.3) is 11.8 Å². The standard InChI is InChI=1S/C18H19F2N3O6S/c1-3-18(8-14(22-29-18)10-4-11(19)6-12(20)5-10)17(25)21-13-7-15(28-9-13)16(24)23-30(2,26)27/h3-6,13,15H,1,7-9H2,2H3,(H,21,25)(H,23,24)/t13-,15-,18+/m0/s1. The van der Waals surface area contributed by atoms with Gasteiger partial charge in [0, 0.05) is 24.5 Å². The molecular weight excluding hydrogens is 424 g/mol. The van der Waals surface area contributed by atoms with Crippen molar-refractivity contribution in [3.63, 3.8) is 0 Å². The fraction of sp³-hybridized carbons (Fsp3) is 0.389. The van der Waals surface area contributed by atoms with Gasteiger partial charge in [0.2, 0.25) is 15.6 Å². The Labute approximate surface area is 171 Å². The van der Waals surface area contributed by atoms with Crippen LogP contribution in [0.4, 0.5) is 8.78 Å². The van der Waals surface area contributed by atoms with Crippen LogP contribution in [-0.2, 0) is 29.2 Å². The smallest absolute Gasteiger partial charge is 0.271 e. The van der Waals surface area contributed by atoms with Gasteiger partial charge in [-0.1, -0.05) is 11.7 Å². The molecule has 30 heavy (non-hydrogen) atoms. The Bertz CT molecular complexity index is 1010. The van der Waals surface area contributed by atoms with Crippen LogP contribution in [0.2, 0.25) is 0 Å². The number of carbonyl (C=O) groups is 2. The first-order valence-electron chi connectivity index (χ1n) is 8.80. The lowest BCUT2D eigenvalue weighted by Crippen LogP contribution is -2.49. The van der Waals surface area contributed by atoms with Gasteiger partial charge in [0.1, 0.15) is 17.7 Å². The Kier molecular flexibility index (Phi) is 5.90. The highest BCUT2D eigenvalue weighted by Crippen LogP contribution is 2.29. The van der Waals surface area contributed by atoms with Crippen LogP contribution in [-0.4, -0.2) is 56.6 Å². The molecular formula is C18H19F2N3O6S. The van der Waals surface area contributed by atoms with Gasteiger partial charge in [-0.3, -0.25) is 14.3 Å². The maximum Gasteiger partial charge on any atom is 0.271 e. The number of halogens is 2. The summed E-state index contributed by atoms with van der Waals surface area (Å²) in [5, 5.41) is 6.42. The number of nitrogens with one attached hydrogen (secondary N) is 2. The van der Waals surface area contributed by atoms with Crippen molar-refractivity contribution in [2.45, 2.75) is 30.6 Å². The van der Waals surface area contributed by atoms with Gasteiger partial charge >= 0.3 is 0 Å². The Morgan fingerprint density at radius 1 is 1.30 bits per heavy atom. The zero-order valence-corrected chi connectivity index (χ0v) is 16.7. The summed E-state index contributed by atoms with van der Waals surface area (Å²) in [5.41, 5.74) is -1.31. The third-order valence-electron chi connectivity index (χ3n) is 4.57. The third-order valence-corrected chi connectivity index (χ3v) is 5.14.